The molecule has 1 rings (SSSR count). The Labute approximate surface area is 78.3 Å². The van der Waals surface area contributed by atoms with Gasteiger partial charge in [-0.25, -0.2) is 0 Å². The molecule has 0 heterocycles. The summed E-state index contributed by atoms with van der Waals surface area (Å²) in [6.45, 7) is 5.59. The molecule has 13 heavy (non-hydrogen) atoms. The molecule has 1 aliphatic rings. The molecule has 0 spiro atoms. The molecule has 0 aromatic heterocycles. The highest BCUT2D eigenvalue weighted by Crippen LogP contribution is 2.27. The van der Waals surface area contributed by atoms with Crippen LogP contribution < -0.4 is 0 Å². The van der Waals surface area contributed by atoms with Gasteiger partial charge in [-0.1, -0.05) is 39.0 Å². The largest absolute Gasteiger partial charge is 0.515 e. The molecule has 0 amide bonds. The van der Waals surface area contributed by atoms with E-state index in [-0.39, 0.29) is 5.78 Å². The standard InChI is InChI=1S/C11H14O2/c1-11(2,3)10(13)9-6-4-5-8(9)7-12/h4-7,12H,1-3H3/b8-7-. The van der Waals surface area contributed by atoms with Crippen molar-refractivity contribution in [3.8, 4) is 0 Å². The molecule has 0 fully saturated rings. The SMILES string of the molecule is CC(C)(C)C(=O)C1=CC=C/C1=C/O. The Balaban J connectivity index is 2.94. The number of Topliss-reactive ketones (excluding diaryl/α,β-unsaturated/α-hetero) is 1. The predicted octanol–water partition coefficient (Wildman–Crippen LogP) is 2.54. The second-order valence-electron chi connectivity index (χ2n) is 4.10. The second kappa shape index (κ2) is 3.21. The predicted molar refractivity (Wildman–Crippen MR) is 52.4 cm³/mol. The van der Waals surface area contributed by atoms with Crippen LogP contribution in [0.1, 0.15) is 20.8 Å². The zero-order chi connectivity index (χ0) is 10.1. The van der Waals surface area contributed by atoms with Crippen LogP contribution in [0.2, 0.25) is 0 Å². The number of carbonyl (C=O) groups is 1. The number of ketones is 1. The molecule has 0 unspecified atom stereocenters. The van der Waals surface area contributed by atoms with E-state index >= 15 is 0 Å². The van der Waals surface area contributed by atoms with Crippen molar-refractivity contribution in [3.05, 3.63) is 35.6 Å². The average Bonchev–Trinajstić information content (AvgIpc) is 2.48. The van der Waals surface area contributed by atoms with E-state index in [9.17, 15) is 4.79 Å². The Morgan fingerprint density at radius 3 is 2.54 bits per heavy atom. The quantitative estimate of drug-likeness (QED) is 0.626. The number of aliphatic hydroxyl groups excluding tert-OH is 1. The Morgan fingerprint density at radius 1 is 1.46 bits per heavy atom. The molecule has 0 saturated heterocycles. The summed E-state index contributed by atoms with van der Waals surface area (Å²) in [6.07, 6.45) is 6.19. The van der Waals surface area contributed by atoms with Gasteiger partial charge < -0.3 is 5.11 Å². The third-order valence-corrected chi connectivity index (χ3v) is 1.91. The lowest BCUT2D eigenvalue weighted by molar-refractivity contribution is -0.122. The molecule has 0 saturated carbocycles. The van der Waals surface area contributed by atoms with Gasteiger partial charge >= 0.3 is 0 Å². The van der Waals surface area contributed by atoms with Gasteiger partial charge in [0.25, 0.3) is 0 Å². The van der Waals surface area contributed by atoms with Crippen LogP contribution in [0, 0.1) is 5.41 Å². The molecule has 2 heteroatoms. The first-order valence-corrected chi connectivity index (χ1v) is 4.25. The maximum atomic E-state index is 11.8. The summed E-state index contributed by atoms with van der Waals surface area (Å²) in [5.74, 6) is 0.0535. The smallest absolute Gasteiger partial charge is 0.168 e. The van der Waals surface area contributed by atoms with E-state index in [4.69, 9.17) is 5.11 Å². The lowest BCUT2D eigenvalue weighted by Gasteiger charge is -2.17. The summed E-state index contributed by atoms with van der Waals surface area (Å²) in [6, 6.07) is 0. The molecule has 1 aliphatic carbocycles. The second-order valence-corrected chi connectivity index (χ2v) is 4.10. The van der Waals surface area contributed by atoms with Crippen molar-refractivity contribution in [1.82, 2.24) is 0 Å². The van der Waals surface area contributed by atoms with Crippen molar-refractivity contribution in [1.29, 1.82) is 0 Å². The van der Waals surface area contributed by atoms with E-state index in [1.54, 1.807) is 18.2 Å². The zero-order valence-electron chi connectivity index (χ0n) is 8.16. The highest BCUT2D eigenvalue weighted by atomic mass is 16.2. The van der Waals surface area contributed by atoms with Gasteiger partial charge in [-0.3, -0.25) is 4.79 Å². The molecule has 0 aromatic carbocycles. The molecule has 70 valence electrons. The van der Waals surface area contributed by atoms with E-state index < -0.39 is 5.41 Å². The van der Waals surface area contributed by atoms with Gasteiger partial charge in [-0.05, 0) is 0 Å². The van der Waals surface area contributed by atoms with Gasteiger partial charge in [0, 0.05) is 16.6 Å². The van der Waals surface area contributed by atoms with Crippen molar-refractivity contribution in [2.75, 3.05) is 0 Å². The van der Waals surface area contributed by atoms with E-state index in [0.717, 1.165) is 6.26 Å². The number of allylic oxidation sites excluding steroid dienone is 5. The minimum Gasteiger partial charge on any atom is -0.515 e. The van der Waals surface area contributed by atoms with Crippen LogP contribution in [-0.4, -0.2) is 10.9 Å². The molecule has 0 atom stereocenters. The summed E-state index contributed by atoms with van der Waals surface area (Å²) >= 11 is 0. The number of rotatable bonds is 1. The van der Waals surface area contributed by atoms with Crippen molar-refractivity contribution in [3.63, 3.8) is 0 Å². The molecule has 0 radical (unpaired) electrons. The van der Waals surface area contributed by atoms with Crippen LogP contribution in [0.5, 0.6) is 0 Å². The summed E-state index contributed by atoms with van der Waals surface area (Å²) in [4.78, 5) is 11.8. The molecule has 1 N–H and O–H groups in total. The normalized spacial score (nSPS) is 19.3. The van der Waals surface area contributed by atoms with Crippen LogP contribution in [0.25, 0.3) is 0 Å². The third kappa shape index (κ3) is 1.89. The van der Waals surface area contributed by atoms with Crippen molar-refractivity contribution in [2.24, 2.45) is 5.41 Å². The molecular weight excluding hydrogens is 164 g/mol. The number of hydrogen-bond acceptors (Lipinski definition) is 2. The Bertz CT molecular complexity index is 311. The lowest BCUT2D eigenvalue weighted by Crippen LogP contribution is -2.22. The lowest BCUT2D eigenvalue weighted by atomic mass is 9.85. The third-order valence-electron chi connectivity index (χ3n) is 1.91. The first-order valence-electron chi connectivity index (χ1n) is 4.25. The summed E-state index contributed by atoms with van der Waals surface area (Å²) in [5.41, 5.74) is 0.793. The van der Waals surface area contributed by atoms with Crippen molar-refractivity contribution < 1.29 is 9.90 Å². The number of aliphatic hydroxyl groups is 1. The van der Waals surface area contributed by atoms with Crippen LogP contribution >= 0.6 is 0 Å². The van der Waals surface area contributed by atoms with Crippen molar-refractivity contribution >= 4 is 5.78 Å². The Hall–Kier alpha value is -1.31. The van der Waals surface area contributed by atoms with Crippen LogP contribution in [0.15, 0.2) is 35.6 Å². The summed E-state index contributed by atoms with van der Waals surface area (Å²) < 4.78 is 0. The monoisotopic (exact) mass is 178 g/mol. The molecular formula is C11H14O2. The maximum Gasteiger partial charge on any atom is 0.168 e. The van der Waals surface area contributed by atoms with Gasteiger partial charge in [0.1, 0.15) is 0 Å². The van der Waals surface area contributed by atoms with Gasteiger partial charge in [-0.15, -0.1) is 0 Å². The molecule has 2 nitrogen and oxygen atoms in total. The number of hydrogen-bond donors (Lipinski definition) is 1. The highest BCUT2D eigenvalue weighted by Gasteiger charge is 2.27. The average molecular weight is 178 g/mol. The Kier molecular flexibility index (Phi) is 2.41. The first kappa shape index (κ1) is 9.78. The van der Waals surface area contributed by atoms with Gasteiger partial charge in [0.2, 0.25) is 0 Å². The fraction of sp³-hybridized carbons (Fsp3) is 0.364. The maximum absolute atomic E-state index is 11.8. The number of carbonyl (C=O) groups excluding carboxylic acids is 1. The molecule has 0 aromatic rings. The minimum absolute atomic E-state index is 0.0535. The highest BCUT2D eigenvalue weighted by molar-refractivity contribution is 6.04. The van der Waals surface area contributed by atoms with E-state index in [1.807, 2.05) is 20.8 Å². The van der Waals surface area contributed by atoms with E-state index in [2.05, 4.69) is 0 Å². The van der Waals surface area contributed by atoms with Crippen LogP contribution in [-0.2, 0) is 4.79 Å². The van der Waals surface area contributed by atoms with E-state index in [1.165, 1.54) is 0 Å². The van der Waals surface area contributed by atoms with Gasteiger partial charge in [0.15, 0.2) is 5.78 Å². The van der Waals surface area contributed by atoms with Crippen LogP contribution in [0.3, 0.4) is 0 Å². The van der Waals surface area contributed by atoms with Crippen LogP contribution in [0.4, 0.5) is 0 Å². The Morgan fingerprint density at radius 2 is 2.08 bits per heavy atom. The van der Waals surface area contributed by atoms with Crippen molar-refractivity contribution in [2.45, 2.75) is 20.8 Å². The molecule has 0 bridgehead atoms. The topological polar surface area (TPSA) is 37.3 Å². The minimum atomic E-state index is -0.397. The zero-order valence-corrected chi connectivity index (χ0v) is 8.16. The molecule has 0 aliphatic heterocycles. The fourth-order valence-electron chi connectivity index (χ4n) is 1.16. The first-order chi connectivity index (χ1) is 5.96. The van der Waals surface area contributed by atoms with E-state index in [0.29, 0.717) is 11.1 Å². The summed E-state index contributed by atoms with van der Waals surface area (Å²) in [5, 5.41) is 8.84. The van der Waals surface area contributed by atoms with Gasteiger partial charge in [-0.2, -0.15) is 0 Å². The fourth-order valence-corrected chi connectivity index (χ4v) is 1.16. The van der Waals surface area contributed by atoms with Gasteiger partial charge in [0.05, 0.1) is 6.26 Å². The summed E-state index contributed by atoms with van der Waals surface area (Å²) in [7, 11) is 0.